The van der Waals surface area contributed by atoms with E-state index >= 15 is 0 Å². The van der Waals surface area contributed by atoms with Crippen molar-refractivity contribution in [3.8, 4) is 0 Å². The molecule has 13 heavy (non-hydrogen) atoms. The molecule has 0 saturated carbocycles. The molecule has 1 heterocycles. The van der Waals surface area contributed by atoms with Crippen LogP contribution in [0.2, 0.25) is 0 Å². The highest BCUT2D eigenvalue weighted by atomic mass is 19.1. The first-order chi connectivity index (χ1) is 6.16. The van der Waals surface area contributed by atoms with Crippen LogP contribution in [0.4, 0.5) is 15.8 Å². The van der Waals surface area contributed by atoms with Gasteiger partial charge in [-0.05, 0) is 24.1 Å². The Morgan fingerprint density at radius 1 is 1.46 bits per heavy atom. The van der Waals surface area contributed by atoms with Crippen LogP contribution in [0.25, 0.3) is 0 Å². The van der Waals surface area contributed by atoms with Crippen molar-refractivity contribution < 1.29 is 4.39 Å². The molecule has 2 N–H and O–H groups in total. The molecule has 2 rings (SSSR count). The third kappa shape index (κ3) is 1.46. The number of hydrogen-bond acceptors (Lipinski definition) is 2. The molecule has 1 aliphatic rings. The fourth-order valence-corrected chi connectivity index (χ4v) is 1.67. The minimum Gasteiger partial charge on any atom is -0.399 e. The monoisotopic (exact) mass is 180 g/mol. The molecule has 0 atom stereocenters. The highest BCUT2D eigenvalue weighted by Crippen LogP contribution is 2.28. The molecule has 0 unspecified atom stereocenters. The molecule has 3 heteroatoms. The Hall–Kier alpha value is -1.25. The Morgan fingerprint density at radius 2 is 2.15 bits per heavy atom. The summed E-state index contributed by atoms with van der Waals surface area (Å²) < 4.78 is 13.3. The average Bonchev–Trinajstić information content (AvgIpc) is 2.04. The lowest BCUT2D eigenvalue weighted by molar-refractivity contribution is 0.439. The van der Waals surface area contributed by atoms with Crippen molar-refractivity contribution in [3.63, 3.8) is 0 Å². The molecule has 1 fully saturated rings. The van der Waals surface area contributed by atoms with Gasteiger partial charge in [0.2, 0.25) is 0 Å². The number of nitrogens with zero attached hydrogens (tertiary/aromatic N) is 1. The van der Waals surface area contributed by atoms with E-state index in [-0.39, 0.29) is 5.82 Å². The maximum atomic E-state index is 13.3. The first-order valence-corrected chi connectivity index (χ1v) is 4.47. The number of anilines is 2. The van der Waals surface area contributed by atoms with Crippen LogP contribution in [0.5, 0.6) is 0 Å². The summed E-state index contributed by atoms with van der Waals surface area (Å²) in [5.41, 5.74) is 6.84. The number of hydrogen-bond donors (Lipinski definition) is 1. The van der Waals surface area contributed by atoms with Crippen molar-refractivity contribution in [2.75, 3.05) is 23.7 Å². The van der Waals surface area contributed by atoms with Crippen LogP contribution >= 0.6 is 0 Å². The minimum absolute atomic E-state index is 0.180. The highest BCUT2D eigenvalue weighted by Gasteiger charge is 2.24. The normalized spacial score (nSPS) is 17.2. The van der Waals surface area contributed by atoms with E-state index in [1.54, 1.807) is 12.1 Å². The SMILES string of the molecule is CC1CN(c2cc(N)ccc2F)C1. The highest BCUT2D eigenvalue weighted by molar-refractivity contribution is 5.58. The van der Waals surface area contributed by atoms with E-state index in [1.165, 1.54) is 6.07 Å². The van der Waals surface area contributed by atoms with Gasteiger partial charge in [0.1, 0.15) is 5.82 Å². The Morgan fingerprint density at radius 3 is 2.77 bits per heavy atom. The number of nitrogen functional groups attached to an aromatic ring is 1. The fourth-order valence-electron chi connectivity index (χ4n) is 1.67. The summed E-state index contributed by atoms with van der Waals surface area (Å²) in [4.78, 5) is 2.01. The molecule has 1 aromatic rings. The van der Waals surface area contributed by atoms with Gasteiger partial charge in [-0.3, -0.25) is 0 Å². The molecule has 1 aromatic carbocycles. The predicted molar refractivity (Wildman–Crippen MR) is 52.2 cm³/mol. The molecule has 0 bridgehead atoms. The number of halogens is 1. The lowest BCUT2D eigenvalue weighted by Crippen LogP contribution is -2.45. The van der Waals surface area contributed by atoms with Crippen molar-refractivity contribution in [3.05, 3.63) is 24.0 Å². The molecule has 0 aromatic heterocycles. The van der Waals surface area contributed by atoms with Gasteiger partial charge in [0.15, 0.2) is 0 Å². The molecule has 0 aliphatic carbocycles. The topological polar surface area (TPSA) is 29.3 Å². The molecule has 0 radical (unpaired) electrons. The second-order valence-electron chi connectivity index (χ2n) is 3.72. The summed E-state index contributed by atoms with van der Waals surface area (Å²) >= 11 is 0. The number of rotatable bonds is 1. The maximum absolute atomic E-state index is 13.3. The summed E-state index contributed by atoms with van der Waals surface area (Å²) in [6, 6.07) is 4.71. The van der Waals surface area contributed by atoms with Gasteiger partial charge < -0.3 is 10.6 Å². The van der Waals surface area contributed by atoms with Crippen molar-refractivity contribution in [1.82, 2.24) is 0 Å². The van der Waals surface area contributed by atoms with E-state index in [1.807, 2.05) is 4.90 Å². The Balaban J connectivity index is 2.24. The van der Waals surface area contributed by atoms with Gasteiger partial charge in [0, 0.05) is 18.8 Å². The van der Waals surface area contributed by atoms with Crippen LogP contribution in [0, 0.1) is 11.7 Å². The molecule has 0 amide bonds. The van der Waals surface area contributed by atoms with E-state index in [2.05, 4.69) is 6.92 Å². The zero-order valence-corrected chi connectivity index (χ0v) is 7.63. The minimum atomic E-state index is -0.180. The van der Waals surface area contributed by atoms with Crippen LogP contribution in [0.3, 0.4) is 0 Å². The fraction of sp³-hybridized carbons (Fsp3) is 0.400. The van der Waals surface area contributed by atoms with Gasteiger partial charge in [-0.1, -0.05) is 6.92 Å². The third-order valence-corrected chi connectivity index (χ3v) is 2.37. The van der Waals surface area contributed by atoms with Crippen molar-refractivity contribution >= 4 is 11.4 Å². The van der Waals surface area contributed by atoms with E-state index in [9.17, 15) is 4.39 Å². The molecule has 1 saturated heterocycles. The van der Waals surface area contributed by atoms with Crippen LogP contribution in [-0.2, 0) is 0 Å². The smallest absolute Gasteiger partial charge is 0.146 e. The number of benzene rings is 1. The van der Waals surface area contributed by atoms with Crippen molar-refractivity contribution in [2.45, 2.75) is 6.92 Å². The van der Waals surface area contributed by atoms with Gasteiger partial charge in [0.05, 0.1) is 5.69 Å². The van der Waals surface area contributed by atoms with E-state index in [4.69, 9.17) is 5.73 Å². The zero-order valence-electron chi connectivity index (χ0n) is 7.63. The first kappa shape index (κ1) is 8.35. The molecule has 2 nitrogen and oxygen atoms in total. The van der Waals surface area contributed by atoms with Crippen molar-refractivity contribution in [1.29, 1.82) is 0 Å². The molecular formula is C10H13FN2. The Labute approximate surface area is 77.2 Å². The molecular weight excluding hydrogens is 167 g/mol. The van der Waals surface area contributed by atoms with Crippen LogP contribution in [0.1, 0.15) is 6.92 Å². The first-order valence-electron chi connectivity index (χ1n) is 4.47. The van der Waals surface area contributed by atoms with Crippen LogP contribution in [-0.4, -0.2) is 13.1 Å². The van der Waals surface area contributed by atoms with Gasteiger partial charge >= 0.3 is 0 Å². The van der Waals surface area contributed by atoms with Gasteiger partial charge in [-0.15, -0.1) is 0 Å². The summed E-state index contributed by atoms with van der Waals surface area (Å²) in [6.07, 6.45) is 0. The Kier molecular flexibility index (Phi) is 1.87. The summed E-state index contributed by atoms with van der Waals surface area (Å²) in [5, 5.41) is 0. The lowest BCUT2D eigenvalue weighted by atomic mass is 10.0. The molecule has 0 spiro atoms. The largest absolute Gasteiger partial charge is 0.399 e. The lowest BCUT2D eigenvalue weighted by Gasteiger charge is -2.39. The quantitative estimate of drug-likeness (QED) is 0.668. The molecule has 1 aliphatic heterocycles. The summed E-state index contributed by atoms with van der Waals surface area (Å²) in [7, 11) is 0. The van der Waals surface area contributed by atoms with Gasteiger partial charge in [-0.2, -0.15) is 0 Å². The maximum Gasteiger partial charge on any atom is 0.146 e. The second kappa shape index (κ2) is 2.91. The summed E-state index contributed by atoms with van der Waals surface area (Å²) in [5.74, 6) is 0.488. The van der Waals surface area contributed by atoms with E-state index in [0.717, 1.165) is 13.1 Å². The standard InChI is InChI=1S/C10H13FN2/c1-7-5-13(6-7)10-4-8(12)2-3-9(10)11/h2-4,7H,5-6,12H2,1H3. The second-order valence-corrected chi connectivity index (χ2v) is 3.72. The zero-order chi connectivity index (χ0) is 9.42. The van der Waals surface area contributed by atoms with Crippen molar-refractivity contribution in [2.24, 2.45) is 5.92 Å². The van der Waals surface area contributed by atoms with E-state index in [0.29, 0.717) is 17.3 Å². The van der Waals surface area contributed by atoms with Gasteiger partial charge in [-0.25, -0.2) is 4.39 Å². The van der Waals surface area contributed by atoms with E-state index < -0.39 is 0 Å². The van der Waals surface area contributed by atoms with Crippen LogP contribution < -0.4 is 10.6 Å². The summed E-state index contributed by atoms with van der Waals surface area (Å²) in [6.45, 7) is 4.02. The number of nitrogens with two attached hydrogens (primary N) is 1. The third-order valence-electron chi connectivity index (χ3n) is 2.37. The van der Waals surface area contributed by atoms with Crippen LogP contribution in [0.15, 0.2) is 18.2 Å². The van der Waals surface area contributed by atoms with Gasteiger partial charge in [0.25, 0.3) is 0 Å². The Bertz CT molecular complexity index is 319. The predicted octanol–water partition coefficient (Wildman–Crippen LogP) is 1.86. The molecule has 70 valence electrons. The average molecular weight is 180 g/mol.